The van der Waals surface area contributed by atoms with E-state index in [0.717, 1.165) is 30.6 Å². The summed E-state index contributed by atoms with van der Waals surface area (Å²) >= 11 is 5.76. The van der Waals surface area contributed by atoms with Gasteiger partial charge in [0, 0.05) is 30.6 Å². The van der Waals surface area contributed by atoms with Crippen molar-refractivity contribution in [2.45, 2.75) is 24.8 Å². The molecule has 1 aromatic rings. The zero-order valence-corrected chi connectivity index (χ0v) is 12.4. The van der Waals surface area contributed by atoms with Gasteiger partial charge in [0.15, 0.2) is 0 Å². The molecule has 1 amide bonds. The number of carbonyl (C=O) groups excluding carboxylic acids is 1. The molecule has 0 radical (unpaired) electrons. The number of rotatable bonds is 3. The van der Waals surface area contributed by atoms with E-state index in [0.29, 0.717) is 11.9 Å². The fraction of sp³-hybridized carbons (Fsp3) is 0.533. The highest BCUT2D eigenvalue weighted by atomic mass is 35.5. The molecule has 1 saturated heterocycles. The van der Waals surface area contributed by atoms with Crippen LogP contribution in [-0.4, -0.2) is 48.9 Å². The lowest BCUT2D eigenvalue weighted by Gasteiger charge is -2.36. The Balaban J connectivity index is 2.05. The van der Waals surface area contributed by atoms with Crippen LogP contribution in [0.1, 0.15) is 28.8 Å². The summed E-state index contributed by atoms with van der Waals surface area (Å²) < 4.78 is 0. The SMILES string of the molecule is CN(C)C1CCCN(C(=O)c2ccc(CCl)cc2)C1. The molecule has 1 unspecified atom stereocenters. The first-order valence-corrected chi connectivity index (χ1v) is 7.26. The molecule has 0 saturated carbocycles. The summed E-state index contributed by atoms with van der Waals surface area (Å²) in [6.45, 7) is 1.68. The van der Waals surface area contributed by atoms with Crippen molar-refractivity contribution in [3.05, 3.63) is 35.4 Å². The van der Waals surface area contributed by atoms with E-state index < -0.39 is 0 Å². The fourth-order valence-corrected chi connectivity index (χ4v) is 2.66. The number of likely N-dealkylation sites (tertiary alicyclic amines) is 1. The van der Waals surface area contributed by atoms with Crippen molar-refractivity contribution in [3.8, 4) is 0 Å². The Morgan fingerprint density at radius 2 is 2.05 bits per heavy atom. The molecule has 1 aromatic carbocycles. The van der Waals surface area contributed by atoms with Crippen LogP contribution in [0.25, 0.3) is 0 Å². The van der Waals surface area contributed by atoms with Crippen LogP contribution < -0.4 is 0 Å². The average Bonchev–Trinajstić information content (AvgIpc) is 2.46. The van der Waals surface area contributed by atoms with Gasteiger partial charge in [-0.25, -0.2) is 0 Å². The van der Waals surface area contributed by atoms with Gasteiger partial charge in [0.2, 0.25) is 0 Å². The zero-order chi connectivity index (χ0) is 13.8. The number of alkyl halides is 1. The topological polar surface area (TPSA) is 23.6 Å². The fourth-order valence-electron chi connectivity index (χ4n) is 2.48. The number of nitrogens with zero attached hydrogens (tertiary/aromatic N) is 2. The first-order chi connectivity index (χ1) is 9.11. The van der Waals surface area contributed by atoms with E-state index in [4.69, 9.17) is 11.6 Å². The van der Waals surface area contributed by atoms with Crippen LogP contribution in [0.3, 0.4) is 0 Å². The molecule has 3 nitrogen and oxygen atoms in total. The van der Waals surface area contributed by atoms with Gasteiger partial charge < -0.3 is 9.80 Å². The van der Waals surface area contributed by atoms with Crippen LogP contribution in [0.4, 0.5) is 0 Å². The number of benzene rings is 1. The summed E-state index contributed by atoms with van der Waals surface area (Å²) in [4.78, 5) is 16.6. The lowest BCUT2D eigenvalue weighted by molar-refractivity contribution is 0.0635. The largest absolute Gasteiger partial charge is 0.337 e. The van der Waals surface area contributed by atoms with Gasteiger partial charge in [-0.05, 0) is 44.6 Å². The molecule has 19 heavy (non-hydrogen) atoms. The first-order valence-electron chi connectivity index (χ1n) is 6.72. The van der Waals surface area contributed by atoms with Crippen LogP contribution in [0.2, 0.25) is 0 Å². The second-order valence-corrected chi connectivity index (χ2v) is 5.61. The van der Waals surface area contributed by atoms with Crippen LogP contribution in [-0.2, 0) is 5.88 Å². The number of halogens is 1. The number of likely N-dealkylation sites (N-methyl/N-ethyl adjacent to an activating group) is 1. The third-order valence-corrected chi connectivity index (χ3v) is 4.08. The van der Waals surface area contributed by atoms with Crippen molar-refractivity contribution in [3.63, 3.8) is 0 Å². The Labute approximate surface area is 120 Å². The molecule has 1 aliphatic rings. The summed E-state index contributed by atoms with van der Waals surface area (Å²) in [6, 6.07) is 8.07. The number of amides is 1. The van der Waals surface area contributed by atoms with Crippen molar-refractivity contribution in [1.29, 1.82) is 0 Å². The van der Waals surface area contributed by atoms with Gasteiger partial charge in [-0.1, -0.05) is 12.1 Å². The minimum absolute atomic E-state index is 0.132. The Bertz CT molecular complexity index is 430. The molecule has 4 heteroatoms. The van der Waals surface area contributed by atoms with E-state index in [9.17, 15) is 4.79 Å². The summed E-state index contributed by atoms with van der Waals surface area (Å²) in [5.41, 5.74) is 1.80. The van der Waals surface area contributed by atoms with E-state index in [-0.39, 0.29) is 5.91 Å². The predicted molar refractivity (Wildman–Crippen MR) is 78.6 cm³/mol. The normalized spacial score (nSPS) is 19.8. The minimum atomic E-state index is 0.132. The van der Waals surface area contributed by atoms with Gasteiger partial charge in [-0.3, -0.25) is 4.79 Å². The molecule has 0 aliphatic carbocycles. The summed E-state index contributed by atoms with van der Waals surface area (Å²) in [5.74, 6) is 0.619. The molecular weight excluding hydrogens is 260 g/mol. The minimum Gasteiger partial charge on any atom is -0.337 e. The molecule has 0 spiro atoms. The Morgan fingerprint density at radius 3 is 2.63 bits per heavy atom. The molecule has 1 aliphatic heterocycles. The highest BCUT2D eigenvalue weighted by Crippen LogP contribution is 2.17. The Morgan fingerprint density at radius 1 is 1.37 bits per heavy atom. The number of hydrogen-bond donors (Lipinski definition) is 0. The van der Waals surface area contributed by atoms with Gasteiger partial charge in [-0.15, -0.1) is 11.6 Å². The maximum absolute atomic E-state index is 12.4. The van der Waals surface area contributed by atoms with Crippen molar-refractivity contribution in [1.82, 2.24) is 9.80 Å². The van der Waals surface area contributed by atoms with Gasteiger partial charge in [0.25, 0.3) is 5.91 Å². The van der Waals surface area contributed by atoms with Gasteiger partial charge in [-0.2, -0.15) is 0 Å². The van der Waals surface area contributed by atoms with Crippen LogP contribution in [0.15, 0.2) is 24.3 Å². The van der Waals surface area contributed by atoms with E-state index in [2.05, 4.69) is 19.0 Å². The first kappa shape index (κ1) is 14.4. The standard InChI is InChI=1S/C15H21ClN2O/c1-17(2)14-4-3-9-18(11-14)15(19)13-7-5-12(10-16)6-8-13/h5-8,14H,3-4,9-11H2,1-2H3. The molecule has 0 bridgehead atoms. The lowest BCUT2D eigenvalue weighted by Crippen LogP contribution is -2.47. The van der Waals surface area contributed by atoms with E-state index in [1.165, 1.54) is 6.42 Å². The monoisotopic (exact) mass is 280 g/mol. The smallest absolute Gasteiger partial charge is 0.253 e. The van der Waals surface area contributed by atoms with E-state index >= 15 is 0 Å². The summed E-state index contributed by atoms with van der Waals surface area (Å²) in [5, 5.41) is 0. The van der Waals surface area contributed by atoms with Crippen molar-refractivity contribution in [2.75, 3.05) is 27.2 Å². The number of carbonyl (C=O) groups is 1. The highest BCUT2D eigenvalue weighted by Gasteiger charge is 2.25. The summed E-state index contributed by atoms with van der Waals surface area (Å²) in [7, 11) is 4.15. The van der Waals surface area contributed by atoms with Crippen molar-refractivity contribution in [2.24, 2.45) is 0 Å². The predicted octanol–water partition coefficient (Wildman–Crippen LogP) is 2.59. The van der Waals surface area contributed by atoms with Crippen LogP contribution >= 0.6 is 11.6 Å². The van der Waals surface area contributed by atoms with Crippen LogP contribution in [0.5, 0.6) is 0 Å². The quantitative estimate of drug-likeness (QED) is 0.795. The van der Waals surface area contributed by atoms with E-state index in [1.54, 1.807) is 0 Å². The Hall–Kier alpha value is -1.06. The second kappa shape index (κ2) is 6.40. The molecule has 2 rings (SSSR count). The van der Waals surface area contributed by atoms with Gasteiger partial charge >= 0.3 is 0 Å². The molecule has 0 N–H and O–H groups in total. The third-order valence-electron chi connectivity index (χ3n) is 3.77. The average molecular weight is 281 g/mol. The Kier molecular flexibility index (Phi) is 4.83. The maximum atomic E-state index is 12.4. The number of hydrogen-bond acceptors (Lipinski definition) is 2. The molecule has 1 fully saturated rings. The third kappa shape index (κ3) is 3.48. The second-order valence-electron chi connectivity index (χ2n) is 5.34. The summed E-state index contributed by atoms with van der Waals surface area (Å²) in [6.07, 6.45) is 2.25. The molecule has 1 heterocycles. The van der Waals surface area contributed by atoms with Crippen molar-refractivity contribution < 1.29 is 4.79 Å². The molecular formula is C15H21ClN2O. The van der Waals surface area contributed by atoms with Crippen molar-refractivity contribution >= 4 is 17.5 Å². The molecule has 1 atom stereocenters. The highest BCUT2D eigenvalue weighted by molar-refractivity contribution is 6.17. The van der Waals surface area contributed by atoms with Gasteiger partial charge in [0.05, 0.1) is 0 Å². The zero-order valence-electron chi connectivity index (χ0n) is 11.6. The molecule has 104 valence electrons. The lowest BCUT2D eigenvalue weighted by atomic mass is 10.0. The van der Waals surface area contributed by atoms with E-state index in [1.807, 2.05) is 29.2 Å². The number of piperidine rings is 1. The maximum Gasteiger partial charge on any atom is 0.253 e. The van der Waals surface area contributed by atoms with Crippen LogP contribution in [0, 0.1) is 0 Å². The molecule has 0 aromatic heterocycles. The van der Waals surface area contributed by atoms with Gasteiger partial charge in [0.1, 0.15) is 0 Å².